The Bertz CT molecular complexity index is 833. The summed E-state index contributed by atoms with van der Waals surface area (Å²) in [4.78, 5) is 38.1. The summed E-state index contributed by atoms with van der Waals surface area (Å²) in [6, 6.07) is 17.1. The van der Waals surface area contributed by atoms with Gasteiger partial charge in [0.25, 0.3) is 0 Å². The molecule has 1 saturated heterocycles. The fraction of sp³-hybridized carbons (Fsp3) is 0.318. The van der Waals surface area contributed by atoms with Gasteiger partial charge in [0.1, 0.15) is 13.2 Å². The highest BCUT2D eigenvalue weighted by Crippen LogP contribution is 2.25. The average Bonchev–Trinajstić information content (AvgIpc) is 3.13. The van der Waals surface area contributed by atoms with Crippen molar-refractivity contribution in [1.82, 2.24) is 5.32 Å². The summed E-state index contributed by atoms with van der Waals surface area (Å²) in [5.74, 6) is -1.37. The normalized spacial score (nSPS) is 16.1. The zero-order valence-corrected chi connectivity index (χ0v) is 15.9. The SMILES string of the molecule is CCc1ccc(N2CC(C(=O)NCC(=O)OCc3ccccc3)CC2=O)cc1. The molecule has 0 radical (unpaired) electrons. The van der Waals surface area contributed by atoms with Crippen LogP contribution in [0.5, 0.6) is 0 Å². The van der Waals surface area contributed by atoms with E-state index in [1.807, 2.05) is 54.6 Å². The monoisotopic (exact) mass is 380 g/mol. The van der Waals surface area contributed by atoms with Gasteiger partial charge in [-0.3, -0.25) is 14.4 Å². The number of hydrogen-bond donors (Lipinski definition) is 1. The van der Waals surface area contributed by atoms with Crippen molar-refractivity contribution in [2.75, 3.05) is 18.0 Å². The molecule has 1 atom stereocenters. The van der Waals surface area contributed by atoms with Crippen LogP contribution in [0, 0.1) is 5.92 Å². The van der Waals surface area contributed by atoms with Crippen molar-refractivity contribution in [2.45, 2.75) is 26.4 Å². The summed E-state index contributed by atoms with van der Waals surface area (Å²) in [6.45, 7) is 2.34. The molecule has 28 heavy (non-hydrogen) atoms. The Balaban J connectivity index is 1.46. The van der Waals surface area contributed by atoms with Crippen LogP contribution in [0.25, 0.3) is 0 Å². The van der Waals surface area contributed by atoms with Gasteiger partial charge in [0.15, 0.2) is 0 Å². The van der Waals surface area contributed by atoms with Crippen LogP contribution in [0.1, 0.15) is 24.5 Å². The molecule has 1 N–H and O–H groups in total. The number of esters is 1. The minimum atomic E-state index is -0.506. The van der Waals surface area contributed by atoms with E-state index in [0.29, 0.717) is 6.54 Å². The Hall–Kier alpha value is -3.15. The average molecular weight is 380 g/mol. The molecule has 1 fully saturated rings. The molecule has 0 aliphatic carbocycles. The molecule has 0 bridgehead atoms. The smallest absolute Gasteiger partial charge is 0.325 e. The molecule has 0 saturated carbocycles. The zero-order valence-electron chi connectivity index (χ0n) is 15.9. The number of rotatable bonds is 7. The summed E-state index contributed by atoms with van der Waals surface area (Å²) < 4.78 is 5.14. The van der Waals surface area contributed by atoms with Crippen LogP contribution in [0.2, 0.25) is 0 Å². The lowest BCUT2D eigenvalue weighted by molar-refractivity contribution is -0.145. The number of anilines is 1. The van der Waals surface area contributed by atoms with Crippen LogP contribution in [-0.4, -0.2) is 30.9 Å². The third-order valence-electron chi connectivity index (χ3n) is 4.80. The minimum absolute atomic E-state index is 0.0870. The molecule has 2 aromatic carbocycles. The lowest BCUT2D eigenvalue weighted by Gasteiger charge is -2.17. The van der Waals surface area contributed by atoms with Crippen LogP contribution < -0.4 is 10.2 Å². The number of carbonyl (C=O) groups excluding carboxylic acids is 3. The first-order chi connectivity index (χ1) is 13.6. The number of hydrogen-bond acceptors (Lipinski definition) is 4. The van der Waals surface area contributed by atoms with Gasteiger partial charge in [-0.05, 0) is 29.7 Å². The Morgan fingerprint density at radius 1 is 1.07 bits per heavy atom. The van der Waals surface area contributed by atoms with Crippen molar-refractivity contribution in [3.05, 3.63) is 65.7 Å². The van der Waals surface area contributed by atoms with Gasteiger partial charge in [0, 0.05) is 18.7 Å². The first-order valence-corrected chi connectivity index (χ1v) is 9.43. The van der Waals surface area contributed by atoms with Crippen molar-refractivity contribution in [2.24, 2.45) is 5.92 Å². The molecule has 1 unspecified atom stereocenters. The van der Waals surface area contributed by atoms with E-state index in [0.717, 1.165) is 17.7 Å². The van der Waals surface area contributed by atoms with Gasteiger partial charge < -0.3 is 15.0 Å². The van der Waals surface area contributed by atoms with Gasteiger partial charge in [-0.2, -0.15) is 0 Å². The highest BCUT2D eigenvalue weighted by Gasteiger charge is 2.35. The largest absolute Gasteiger partial charge is 0.460 e. The number of benzene rings is 2. The summed E-state index contributed by atoms with van der Waals surface area (Å²) in [6.07, 6.45) is 1.07. The van der Waals surface area contributed by atoms with Gasteiger partial charge in [-0.1, -0.05) is 49.4 Å². The maximum absolute atomic E-state index is 12.3. The number of aryl methyl sites for hydroxylation is 1. The molecule has 6 heteroatoms. The van der Waals surface area contributed by atoms with Crippen LogP contribution in [0.4, 0.5) is 5.69 Å². The van der Waals surface area contributed by atoms with E-state index in [1.54, 1.807) is 4.90 Å². The molecule has 0 aromatic heterocycles. The predicted octanol–water partition coefficient (Wildman–Crippen LogP) is 2.46. The number of ether oxygens (including phenoxy) is 1. The highest BCUT2D eigenvalue weighted by atomic mass is 16.5. The Labute approximate surface area is 164 Å². The van der Waals surface area contributed by atoms with Crippen molar-refractivity contribution < 1.29 is 19.1 Å². The molecule has 2 amide bonds. The zero-order chi connectivity index (χ0) is 19.9. The van der Waals surface area contributed by atoms with Gasteiger partial charge in [0.2, 0.25) is 11.8 Å². The second-order valence-electron chi connectivity index (χ2n) is 6.79. The van der Waals surface area contributed by atoms with E-state index < -0.39 is 11.9 Å². The van der Waals surface area contributed by atoms with Gasteiger partial charge >= 0.3 is 5.97 Å². The maximum atomic E-state index is 12.3. The Morgan fingerprint density at radius 2 is 1.79 bits per heavy atom. The summed E-state index contributed by atoms with van der Waals surface area (Å²) in [7, 11) is 0. The van der Waals surface area contributed by atoms with Crippen LogP contribution in [-0.2, 0) is 32.1 Å². The molecule has 1 heterocycles. The van der Waals surface area contributed by atoms with E-state index >= 15 is 0 Å². The van der Waals surface area contributed by atoms with Gasteiger partial charge in [0.05, 0.1) is 5.92 Å². The first-order valence-electron chi connectivity index (χ1n) is 9.43. The summed E-state index contributed by atoms with van der Waals surface area (Å²) in [5, 5.41) is 2.58. The molecule has 1 aliphatic heterocycles. The van der Waals surface area contributed by atoms with Gasteiger partial charge in [-0.15, -0.1) is 0 Å². The molecule has 0 spiro atoms. The summed E-state index contributed by atoms with van der Waals surface area (Å²) >= 11 is 0. The second kappa shape index (κ2) is 9.17. The molecule has 3 rings (SSSR count). The molecule has 1 aliphatic rings. The Kier molecular flexibility index (Phi) is 6.42. The van der Waals surface area contributed by atoms with Crippen LogP contribution >= 0.6 is 0 Å². The predicted molar refractivity (Wildman–Crippen MR) is 106 cm³/mol. The minimum Gasteiger partial charge on any atom is -0.460 e. The van der Waals surface area contributed by atoms with Crippen molar-refractivity contribution in [3.8, 4) is 0 Å². The quantitative estimate of drug-likeness (QED) is 0.749. The van der Waals surface area contributed by atoms with Gasteiger partial charge in [-0.25, -0.2) is 0 Å². The van der Waals surface area contributed by atoms with Crippen LogP contribution in [0.3, 0.4) is 0 Å². The van der Waals surface area contributed by atoms with E-state index in [-0.39, 0.29) is 31.4 Å². The first kappa shape index (κ1) is 19.6. The molecular formula is C22H24N2O4. The number of nitrogens with one attached hydrogen (secondary N) is 1. The molecule has 146 valence electrons. The summed E-state index contributed by atoms with van der Waals surface area (Å²) in [5.41, 5.74) is 2.87. The highest BCUT2D eigenvalue weighted by molar-refractivity contribution is 6.00. The fourth-order valence-corrected chi connectivity index (χ4v) is 3.14. The van der Waals surface area contributed by atoms with Crippen LogP contribution in [0.15, 0.2) is 54.6 Å². The van der Waals surface area contributed by atoms with Crippen molar-refractivity contribution in [1.29, 1.82) is 0 Å². The Morgan fingerprint density at radius 3 is 2.46 bits per heavy atom. The molecule has 6 nitrogen and oxygen atoms in total. The number of amides is 2. The standard InChI is InChI=1S/C22H24N2O4/c1-2-16-8-10-19(11-9-16)24-14-18(12-20(24)25)22(27)23-13-21(26)28-15-17-6-4-3-5-7-17/h3-11,18H,2,12-15H2,1H3,(H,23,27). The topological polar surface area (TPSA) is 75.7 Å². The maximum Gasteiger partial charge on any atom is 0.325 e. The molecule has 2 aromatic rings. The van der Waals surface area contributed by atoms with E-state index in [1.165, 1.54) is 5.56 Å². The van der Waals surface area contributed by atoms with Crippen molar-refractivity contribution >= 4 is 23.5 Å². The third-order valence-corrected chi connectivity index (χ3v) is 4.80. The second-order valence-corrected chi connectivity index (χ2v) is 6.79. The fourth-order valence-electron chi connectivity index (χ4n) is 3.14. The van der Waals surface area contributed by atoms with E-state index in [2.05, 4.69) is 12.2 Å². The van der Waals surface area contributed by atoms with Crippen molar-refractivity contribution in [3.63, 3.8) is 0 Å². The number of carbonyl (C=O) groups is 3. The van der Waals surface area contributed by atoms with E-state index in [9.17, 15) is 14.4 Å². The lowest BCUT2D eigenvalue weighted by Crippen LogP contribution is -2.36. The number of nitrogens with zero attached hydrogens (tertiary/aromatic N) is 1. The van der Waals surface area contributed by atoms with E-state index in [4.69, 9.17) is 4.74 Å². The lowest BCUT2D eigenvalue weighted by atomic mass is 10.1. The third kappa shape index (κ3) is 4.97. The molecular weight excluding hydrogens is 356 g/mol.